The molecule has 34 heavy (non-hydrogen) atoms. The summed E-state index contributed by atoms with van der Waals surface area (Å²) in [5, 5.41) is 19.7. The molecule has 0 atom stereocenters. The molecular formula is C32H38O2. The predicted octanol–water partition coefficient (Wildman–Crippen LogP) is 8.59. The number of hydrogen-bond donors (Lipinski definition) is 2. The first-order valence-corrected chi connectivity index (χ1v) is 12.9. The van der Waals surface area contributed by atoms with E-state index in [4.69, 9.17) is 0 Å². The van der Waals surface area contributed by atoms with Crippen molar-refractivity contribution in [2.45, 2.75) is 64.2 Å². The lowest BCUT2D eigenvalue weighted by atomic mass is 9.77. The van der Waals surface area contributed by atoms with Gasteiger partial charge >= 0.3 is 0 Å². The molecule has 1 aliphatic carbocycles. The molecule has 0 aliphatic heterocycles. The third-order valence-electron chi connectivity index (χ3n) is 7.57. The van der Waals surface area contributed by atoms with Gasteiger partial charge in [-0.15, -0.1) is 0 Å². The van der Waals surface area contributed by atoms with E-state index in [0.717, 1.165) is 22.6 Å². The lowest BCUT2D eigenvalue weighted by molar-refractivity contribution is 0.303. The van der Waals surface area contributed by atoms with Crippen LogP contribution in [-0.4, -0.2) is 16.8 Å². The molecule has 0 radical (unpaired) electrons. The van der Waals surface area contributed by atoms with Crippen LogP contribution in [0.3, 0.4) is 0 Å². The standard InChI is InChI=1S/C32H38O2/c1-3-4-5-6-24-7-9-25(10-8-24)26-11-13-27(14-12-26)28-15-17-29(18-16-28)31-21-30(23(2)22-33)19-20-32(31)34/h11-21,24-25,33-34H,2-10,22H2,1H3. The number of benzene rings is 3. The molecule has 0 saturated heterocycles. The SMILES string of the molecule is C=C(CO)c1ccc(O)c(-c2ccc(-c3ccc(C4CCC(CCCCC)CC4)cc3)cc2)c1. The summed E-state index contributed by atoms with van der Waals surface area (Å²) in [4.78, 5) is 0. The maximum absolute atomic E-state index is 10.4. The molecule has 3 aromatic carbocycles. The van der Waals surface area contributed by atoms with Gasteiger partial charge in [0.1, 0.15) is 5.75 Å². The maximum atomic E-state index is 10.4. The minimum absolute atomic E-state index is 0.0977. The molecule has 2 N–H and O–H groups in total. The molecule has 2 nitrogen and oxygen atoms in total. The van der Waals surface area contributed by atoms with Crippen LogP contribution in [0.25, 0.3) is 27.8 Å². The number of phenols is 1. The van der Waals surface area contributed by atoms with Gasteiger partial charge in [0, 0.05) is 5.56 Å². The van der Waals surface area contributed by atoms with Crippen LogP contribution in [0.5, 0.6) is 5.75 Å². The highest BCUT2D eigenvalue weighted by Gasteiger charge is 2.22. The Morgan fingerprint density at radius 2 is 1.44 bits per heavy atom. The van der Waals surface area contributed by atoms with E-state index in [2.05, 4.69) is 49.9 Å². The molecule has 1 saturated carbocycles. The van der Waals surface area contributed by atoms with Crippen molar-refractivity contribution in [3.05, 3.63) is 84.4 Å². The Hall–Kier alpha value is -2.84. The number of hydrogen-bond acceptors (Lipinski definition) is 2. The summed E-state index contributed by atoms with van der Waals surface area (Å²) in [5.74, 6) is 1.89. The number of unbranched alkanes of at least 4 members (excludes halogenated alkanes) is 2. The van der Waals surface area contributed by atoms with Gasteiger partial charge in [0.05, 0.1) is 6.61 Å². The van der Waals surface area contributed by atoms with Crippen molar-refractivity contribution in [3.8, 4) is 28.0 Å². The first-order valence-electron chi connectivity index (χ1n) is 12.9. The van der Waals surface area contributed by atoms with Crippen LogP contribution >= 0.6 is 0 Å². The van der Waals surface area contributed by atoms with Gasteiger partial charge in [-0.2, -0.15) is 0 Å². The minimum Gasteiger partial charge on any atom is -0.507 e. The van der Waals surface area contributed by atoms with Crippen molar-refractivity contribution in [3.63, 3.8) is 0 Å². The van der Waals surface area contributed by atoms with Crippen molar-refractivity contribution in [1.29, 1.82) is 0 Å². The quantitative estimate of drug-likeness (QED) is 0.318. The van der Waals surface area contributed by atoms with E-state index >= 15 is 0 Å². The molecule has 2 heteroatoms. The zero-order valence-corrected chi connectivity index (χ0v) is 20.5. The highest BCUT2D eigenvalue weighted by molar-refractivity contribution is 5.78. The van der Waals surface area contributed by atoms with E-state index in [0.29, 0.717) is 11.5 Å². The van der Waals surface area contributed by atoms with Gasteiger partial charge in [0.2, 0.25) is 0 Å². The van der Waals surface area contributed by atoms with E-state index in [-0.39, 0.29) is 12.4 Å². The van der Waals surface area contributed by atoms with Crippen LogP contribution in [0, 0.1) is 5.92 Å². The normalized spacial score (nSPS) is 18.1. The minimum atomic E-state index is -0.0977. The van der Waals surface area contributed by atoms with Gasteiger partial charge in [0.25, 0.3) is 0 Å². The van der Waals surface area contributed by atoms with Gasteiger partial charge in [-0.05, 0) is 83.0 Å². The molecule has 1 fully saturated rings. The molecule has 0 unspecified atom stereocenters. The van der Waals surface area contributed by atoms with Gasteiger partial charge in [0.15, 0.2) is 0 Å². The fourth-order valence-corrected chi connectivity index (χ4v) is 5.34. The summed E-state index contributed by atoms with van der Waals surface area (Å²) in [6, 6.07) is 22.8. The second kappa shape index (κ2) is 11.5. The molecule has 4 rings (SSSR count). The number of phenolic OH excluding ortho intramolecular Hbond substituents is 1. The monoisotopic (exact) mass is 454 g/mol. The Labute approximate surface area is 205 Å². The maximum Gasteiger partial charge on any atom is 0.123 e. The first-order chi connectivity index (χ1) is 16.6. The summed E-state index contributed by atoms with van der Waals surface area (Å²) in [6.07, 6.45) is 11.0. The van der Waals surface area contributed by atoms with Gasteiger partial charge < -0.3 is 10.2 Å². The molecule has 3 aromatic rings. The van der Waals surface area contributed by atoms with E-state index < -0.39 is 0 Å². The van der Waals surface area contributed by atoms with E-state index in [9.17, 15) is 10.2 Å². The summed E-state index contributed by atoms with van der Waals surface area (Å²) < 4.78 is 0. The fourth-order valence-electron chi connectivity index (χ4n) is 5.34. The van der Waals surface area contributed by atoms with Gasteiger partial charge in [-0.3, -0.25) is 0 Å². The Kier molecular flexibility index (Phi) is 8.24. The lowest BCUT2D eigenvalue weighted by Crippen LogP contribution is -2.13. The Bertz CT molecular complexity index is 1070. The van der Waals surface area contributed by atoms with Crippen molar-refractivity contribution in [1.82, 2.24) is 0 Å². The van der Waals surface area contributed by atoms with Crippen LogP contribution in [0.4, 0.5) is 0 Å². The summed E-state index contributed by atoms with van der Waals surface area (Å²) in [6.45, 7) is 6.08. The first kappa shape index (κ1) is 24.3. The molecular weight excluding hydrogens is 416 g/mol. The van der Waals surface area contributed by atoms with Crippen LogP contribution in [-0.2, 0) is 0 Å². The van der Waals surface area contributed by atoms with Crippen LogP contribution in [0.2, 0.25) is 0 Å². The number of rotatable bonds is 9. The number of aromatic hydroxyl groups is 1. The third-order valence-corrected chi connectivity index (χ3v) is 7.57. The molecule has 0 aromatic heterocycles. The van der Waals surface area contributed by atoms with Crippen molar-refractivity contribution < 1.29 is 10.2 Å². The lowest BCUT2D eigenvalue weighted by Gasteiger charge is -2.29. The average molecular weight is 455 g/mol. The Morgan fingerprint density at radius 1 is 0.824 bits per heavy atom. The number of aliphatic hydroxyl groups is 1. The third kappa shape index (κ3) is 5.80. The molecule has 0 heterocycles. The summed E-state index contributed by atoms with van der Waals surface area (Å²) in [5.41, 5.74) is 7.05. The zero-order valence-electron chi connectivity index (χ0n) is 20.5. The molecule has 0 amide bonds. The van der Waals surface area contributed by atoms with Crippen LogP contribution in [0.1, 0.15) is 75.3 Å². The zero-order chi connectivity index (χ0) is 23.9. The van der Waals surface area contributed by atoms with Crippen molar-refractivity contribution >= 4 is 5.57 Å². The van der Waals surface area contributed by atoms with Gasteiger partial charge in [-0.25, -0.2) is 0 Å². The molecule has 0 spiro atoms. The topological polar surface area (TPSA) is 40.5 Å². The van der Waals surface area contributed by atoms with E-state index in [1.54, 1.807) is 12.1 Å². The van der Waals surface area contributed by atoms with Crippen molar-refractivity contribution in [2.24, 2.45) is 5.92 Å². The second-order valence-electron chi connectivity index (χ2n) is 9.91. The Balaban J connectivity index is 1.41. The molecule has 1 aliphatic rings. The van der Waals surface area contributed by atoms with E-state index in [1.807, 2.05) is 18.2 Å². The van der Waals surface area contributed by atoms with Crippen LogP contribution < -0.4 is 0 Å². The smallest absolute Gasteiger partial charge is 0.123 e. The molecule has 178 valence electrons. The van der Waals surface area contributed by atoms with Gasteiger partial charge in [-0.1, -0.05) is 93.8 Å². The highest BCUT2D eigenvalue weighted by atomic mass is 16.3. The predicted molar refractivity (Wildman–Crippen MR) is 144 cm³/mol. The number of aliphatic hydroxyl groups excluding tert-OH is 1. The van der Waals surface area contributed by atoms with Crippen molar-refractivity contribution in [2.75, 3.05) is 6.61 Å². The molecule has 0 bridgehead atoms. The average Bonchev–Trinajstić information content (AvgIpc) is 2.89. The fraction of sp³-hybridized carbons (Fsp3) is 0.375. The largest absolute Gasteiger partial charge is 0.507 e. The summed E-state index contributed by atoms with van der Waals surface area (Å²) in [7, 11) is 0. The van der Waals surface area contributed by atoms with E-state index in [1.165, 1.54) is 68.1 Å². The summed E-state index contributed by atoms with van der Waals surface area (Å²) >= 11 is 0. The Morgan fingerprint density at radius 3 is 2.06 bits per heavy atom. The second-order valence-corrected chi connectivity index (χ2v) is 9.91. The highest BCUT2D eigenvalue weighted by Crippen LogP contribution is 2.38. The van der Waals surface area contributed by atoms with Crippen LogP contribution in [0.15, 0.2) is 73.3 Å².